The van der Waals surface area contributed by atoms with Gasteiger partial charge in [0.25, 0.3) is 0 Å². The molecule has 1 saturated carbocycles. The Kier molecular flexibility index (Phi) is 7.72. The minimum Gasteiger partial charge on any atom is -0.356 e. The Morgan fingerprint density at radius 1 is 1.25 bits per heavy atom. The van der Waals surface area contributed by atoms with Gasteiger partial charge in [-0.25, -0.2) is 0 Å². The molecular formula is C15H24IN3S. The van der Waals surface area contributed by atoms with E-state index in [0.717, 1.165) is 25.5 Å². The predicted molar refractivity (Wildman–Crippen MR) is 99.3 cm³/mol. The second-order valence-electron chi connectivity index (χ2n) is 4.95. The Balaban J connectivity index is 0.00000200. The van der Waals surface area contributed by atoms with Gasteiger partial charge < -0.3 is 10.6 Å². The molecule has 0 atom stereocenters. The molecule has 5 heteroatoms. The number of halogens is 1. The van der Waals surface area contributed by atoms with Crippen molar-refractivity contribution in [2.75, 3.05) is 20.1 Å². The highest BCUT2D eigenvalue weighted by atomic mass is 127. The molecule has 2 rings (SSSR count). The summed E-state index contributed by atoms with van der Waals surface area (Å²) in [5.74, 6) is 0.918. The summed E-state index contributed by atoms with van der Waals surface area (Å²) in [6.07, 6.45) is 3.68. The van der Waals surface area contributed by atoms with Crippen molar-refractivity contribution in [3.8, 4) is 0 Å². The zero-order valence-electron chi connectivity index (χ0n) is 12.2. The van der Waals surface area contributed by atoms with Crippen LogP contribution in [-0.4, -0.2) is 30.8 Å². The lowest BCUT2D eigenvalue weighted by molar-refractivity contribution is 0.753. The van der Waals surface area contributed by atoms with Gasteiger partial charge in [-0.1, -0.05) is 25.1 Å². The van der Waals surface area contributed by atoms with Crippen molar-refractivity contribution < 1.29 is 0 Å². The molecule has 3 nitrogen and oxygen atoms in total. The summed E-state index contributed by atoms with van der Waals surface area (Å²) in [7, 11) is 1.83. The van der Waals surface area contributed by atoms with Crippen LogP contribution in [0.1, 0.15) is 26.2 Å². The molecule has 0 saturated heterocycles. The summed E-state index contributed by atoms with van der Waals surface area (Å²) in [5, 5.41) is 6.76. The van der Waals surface area contributed by atoms with Crippen molar-refractivity contribution in [2.45, 2.75) is 35.8 Å². The van der Waals surface area contributed by atoms with Gasteiger partial charge in [0.15, 0.2) is 5.96 Å². The average Bonchev–Trinajstić information content (AvgIpc) is 3.20. The summed E-state index contributed by atoms with van der Waals surface area (Å²) >= 11 is 1.99. The van der Waals surface area contributed by atoms with E-state index in [2.05, 4.69) is 52.9 Å². The molecule has 0 bridgehead atoms. The van der Waals surface area contributed by atoms with Crippen LogP contribution in [0, 0.1) is 0 Å². The highest BCUT2D eigenvalue weighted by Gasteiger charge is 2.43. The quantitative estimate of drug-likeness (QED) is 0.432. The van der Waals surface area contributed by atoms with Crippen molar-refractivity contribution in [2.24, 2.45) is 4.99 Å². The van der Waals surface area contributed by atoms with Gasteiger partial charge in [0.1, 0.15) is 0 Å². The standard InChI is InChI=1S/C15H23N3S.HI/c1-3-11-17-14(16-2)18-12-15(9-10-15)19-13-7-5-4-6-8-13;/h4-8H,3,9-12H2,1-2H3,(H2,16,17,18);1H. The van der Waals surface area contributed by atoms with Gasteiger partial charge in [-0.15, -0.1) is 35.7 Å². The van der Waals surface area contributed by atoms with Crippen LogP contribution < -0.4 is 10.6 Å². The van der Waals surface area contributed by atoms with Crippen molar-refractivity contribution in [1.82, 2.24) is 10.6 Å². The maximum absolute atomic E-state index is 4.25. The molecule has 112 valence electrons. The molecule has 0 radical (unpaired) electrons. The van der Waals surface area contributed by atoms with Crippen LogP contribution in [0.25, 0.3) is 0 Å². The number of benzene rings is 1. The lowest BCUT2D eigenvalue weighted by atomic mass is 10.4. The molecule has 0 unspecified atom stereocenters. The number of nitrogens with one attached hydrogen (secondary N) is 2. The van der Waals surface area contributed by atoms with Gasteiger partial charge in [-0.3, -0.25) is 4.99 Å². The monoisotopic (exact) mass is 405 g/mol. The summed E-state index contributed by atoms with van der Waals surface area (Å²) in [5.41, 5.74) is 0. The van der Waals surface area contributed by atoms with Crippen LogP contribution in [0.5, 0.6) is 0 Å². The van der Waals surface area contributed by atoms with Gasteiger partial charge in [-0.2, -0.15) is 0 Å². The summed E-state index contributed by atoms with van der Waals surface area (Å²) in [6, 6.07) is 10.7. The average molecular weight is 405 g/mol. The van der Waals surface area contributed by atoms with Gasteiger partial charge in [0.05, 0.1) is 0 Å². The Bertz CT molecular complexity index is 418. The topological polar surface area (TPSA) is 36.4 Å². The number of guanidine groups is 1. The van der Waals surface area contributed by atoms with E-state index in [9.17, 15) is 0 Å². The van der Waals surface area contributed by atoms with Gasteiger partial charge >= 0.3 is 0 Å². The van der Waals surface area contributed by atoms with E-state index in [1.165, 1.54) is 17.7 Å². The van der Waals surface area contributed by atoms with Crippen molar-refractivity contribution in [1.29, 1.82) is 0 Å². The van der Waals surface area contributed by atoms with Crippen LogP contribution >= 0.6 is 35.7 Å². The molecule has 2 N–H and O–H groups in total. The highest BCUT2D eigenvalue weighted by molar-refractivity contribution is 14.0. The van der Waals surface area contributed by atoms with E-state index in [-0.39, 0.29) is 24.0 Å². The molecule has 20 heavy (non-hydrogen) atoms. The largest absolute Gasteiger partial charge is 0.356 e. The fourth-order valence-electron chi connectivity index (χ4n) is 1.90. The minimum atomic E-state index is 0. The maximum atomic E-state index is 4.25. The Morgan fingerprint density at radius 3 is 2.50 bits per heavy atom. The molecule has 1 aromatic rings. The second-order valence-corrected chi connectivity index (χ2v) is 6.49. The number of hydrogen-bond donors (Lipinski definition) is 2. The minimum absolute atomic E-state index is 0. The fourth-order valence-corrected chi connectivity index (χ4v) is 3.15. The molecule has 1 aliphatic carbocycles. The van der Waals surface area contributed by atoms with Crippen LogP contribution in [0.15, 0.2) is 40.2 Å². The maximum Gasteiger partial charge on any atom is 0.191 e. The number of nitrogens with zero attached hydrogens (tertiary/aromatic N) is 1. The van der Waals surface area contributed by atoms with Crippen molar-refractivity contribution >= 4 is 41.7 Å². The van der Waals surface area contributed by atoms with Gasteiger partial charge in [0, 0.05) is 29.8 Å². The van der Waals surface area contributed by atoms with Crippen molar-refractivity contribution in [3.63, 3.8) is 0 Å². The molecule has 1 aromatic carbocycles. The zero-order chi connectivity index (χ0) is 13.6. The molecule has 1 fully saturated rings. The number of aliphatic imine (C=N–C) groups is 1. The van der Waals surface area contributed by atoms with E-state index in [1.54, 1.807) is 0 Å². The molecular weight excluding hydrogens is 381 g/mol. The summed E-state index contributed by atoms with van der Waals surface area (Å²) in [6.45, 7) is 4.11. The van der Waals surface area contributed by atoms with E-state index >= 15 is 0 Å². The number of rotatable bonds is 6. The van der Waals surface area contributed by atoms with Crippen LogP contribution in [0.4, 0.5) is 0 Å². The molecule has 0 spiro atoms. The first-order chi connectivity index (χ1) is 9.28. The summed E-state index contributed by atoms with van der Waals surface area (Å²) in [4.78, 5) is 5.61. The number of hydrogen-bond acceptors (Lipinski definition) is 2. The van der Waals surface area contributed by atoms with Crippen LogP contribution in [0.2, 0.25) is 0 Å². The van der Waals surface area contributed by atoms with E-state index in [4.69, 9.17) is 0 Å². The van der Waals surface area contributed by atoms with Crippen LogP contribution in [-0.2, 0) is 0 Å². The lowest BCUT2D eigenvalue weighted by Gasteiger charge is -2.18. The SMILES string of the molecule is CCCNC(=NC)NCC1(Sc2ccccc2)CC1.I. The third kappa shape index (κ3) is 5.52. The first kappa shape index (κ1) is 17.6. The molecule has 0 amide bonds. The van der Waals surface area contributed by atoms with E-state index in [0.29, 0.717) is 4.75 Å². The third-order valence-electron chi connectivity index (χ3n) is 3.23. The molecule has 0 heterocycles. The van der Waals surface area contributed by atoms with Gasteiger partial charge in [0.2, 0.25) is 0 Å². The number of thioether (sulfide) groups is 1. The molecule has 1 aliphatic rings. The third-order valence-corrected chi connectivity index (χ3v) is 4.72. The predicted octanol–water partition coefficient (Wildman–Crippen LogP) is 3.50. The first-order valence-corrected chi connectivity index (χ1v) is 7.78. The van der Waals surface area contributed by atoms with Crippen molar-refractivity contribution in [3.05, 3.63) is 30.3 Å². The zero-order valence-corrected chi connectivity index (χ0v) is 15.3. The summed E-state index contributed by atoms with van der Waals surface area (Å²) < 4.78 is 0.366. The smallest absolute Gasteiger partial charge is 0.191 e. The Labute approximate surface area is 143 Å². The normalized spacial score (nSPS) is 16.2. The first-order valence-electron chi connectivity index (χ1n) is 6.96. The van der Waals surface area contributed by atoms with E-state index in [1.807, 2.05) is 18.8 Å². The van der Waals surface area contributed by atoms with Crippen LogP contribution in [0.3, 0.4) is 0 Å². The van der Waals surface area contributed by atoms with E-state index < -0.39 is 0 Å². The molecule has 0 aliphatic heterocycles. The van der Waals surface area contributed by atoms with Gasteiger partial charge in [-0.05, 0) is 31.4 Å². The Morgan fingerprint density at radius 2 is 1.95 bits per heavy atom. The fraction of sp³-hybridized carbons (Fsp3) is 0.533. The second kappa shape index (κ2) is 8.77. The molecule has 0 aromatic heterocycles. The highest BCUT2D eigenvalue weighted by Crippen LogP contribution is 2.51. The Hall–Kier alpha value is -0.430. The lowest BCUT2D eigenvalue weighted by Crippen LogP contribution is -2.41.